The number of primary amides is 1. The second-order valence-electron chi connectivity index (χ2n) is 6.83. The number of hydrogen-bond donors (Lipinski definition) is 2. The van der Waals surface area contributed by atoms with Crippen LogP contribution >= 0.6 is 0 Å². The summed E-state index contributed by atoms with van der Waals surface area (Å²) in [5, 5.41) is 8.91. The Labute approximate surface area is 162 Å². The zero-order chi connectivity index (χ0) is 19.7. The molecule has 0 fully saturated rings. The zero-order valence-corrected chi connectivity index (χ0v) is 15.6. The van der Waals surface area contributed by atoms with Gasteiger partial charge >= 0.3 is 0 Å². The van der Waals surface area contributed by atoms with Crippen LogP contribution in [-0.4, -0.2) is 31.7 Å². The number of nitrogens with two attached hydrogens (primary N) is 1. The molecule has 2 aromatic heterocycles. The predicted octanol–water partition coefficient (Wildman–Crippen LogP) is 3.40. The van der Waals surface area contributed by atoms with Gasteiger partial charge in [0.05, 0.1) is 29.8 Å². The molecule has 2 heterocycles. The third-order valence-electron chi connectivity index (χ3n) is 4.33. The molecule has 4 aromatic rings. The highest BCUT2D eigenvalue weighted by Crippen LogP contribution is 2.23. The first-order valence-corrected chi connectivity index (χ1v) is 8.98. The van der Waals surface area contributed by atoms with Gasteiger partial charge in [-0.1, -0.05) is 12.1 Å². The van der Waals surface area contributed by atoms with Gasteiger partial charge in [0.1, 0.15) is 0 Å². The molecular formula is C21H20N6O. The summed E-state index contributed by atoms with van der Waals surface area (Å²) in [7, 11) is 0. The summed E-state index contributed by atoms with van der Waals surface area (Å²) in [6.45, 7) is 4.19. The van der Waals surface area contributed by atoms with Gasteiger partial charge in [-0.2, -0.15) is 5.10 Å². The maximum absolute atomic E-state index is 11.3. The van der Waals surface area contributed by atoms with E-state index in [2.05, 4.69) is 35.3 Å². The Hall–Kier alpha value is -3.74. The van der Waals surface area contributed by atoms with E-state index in [1.165, 1.54) is 0 Å². The van der Waals surface area contributed by atoms with Crippen LogP contribution in [0.25, 0.3) is 28.0 Å². The van der Waals surface area contributed by atoms with Crippen molar-refractivity contribution in [1.29, 1.82) is 0 Å². The molecule has 0 radical (unpaired) electrons. The van der Waals surface area contributed by atoms with E-state index >= 15 is 0 Å². The Kier molecular flexibility index (Phi) is 4.49. The monoisotopic (exact) mass is 372 g/mol. The van der Waals surface area contributed by atoms with Gasteiger partial charge in [0.15, 0.2) is 5.82 Å². The average molecular weight is 372 g/mol. The van der Waals surface area contributed by atoms with Crippen molar-refractivity contribution in [1.82, 2.24) is 19.7 Å². The van der Waals surface area contributed by atoms with E-state index in [-0.39, 0.29) is 0 Å². The van der Waals surface area contributed by atoms with Crippen LogP contribution < -0.4 is 11.1 Å². The van der Waals surface area contributed by atoms with Crippen molar-refractivity contribution in [3.8, 4) is 17.1 Å². The number of benzene rings is 2. The largest absolute Gasteiger partial charge is 0.383 e. The normalized spacial score (nSPS) is 11.1. The Morgan fingerprint density at radius 2 is 1.86 bits per heavy atom. The van der Waals surface area contributed by atoms with Crippen LogP contribution in [0.15, 0.2) is 61.1 Å². The summed E-state index contributed by atoms with van der Waals surface area (Å²) in [6, 6.07) is 13.4. The van der Waals surface area contributed by atoms with E-state index in [4.69, 9.17) is 10.7 Å². The van der Waals surface area contributed by atoms with Gasteiger partial charge in [0, 0.05) is 28.2 Å². The lowest BCUT2D eigenvalue weighted by Gasteiger charge is -2.10. The van der Waals surface area contributed by atoms with Crippen molar-refractivity contribution in [3.63, 3.8) is 0 Å². The van der Waals surface area contributed by atoms with Crippen molar-refractivity contribution in [2.75, 3.05) is 5.32 Å². The van der Waals surface area contributed by atoms with Crippen molar-refractivity contribution in [2.24, 2.45) is 5.73 Å². The number of amides is 1. The van der Waals surface area contributed by atoms with Crippen LogP contribution in [0.1, 0.15) is 24.2 Å². The quantitative estimate of drug-likeness (QED) is 0.559. The highest BCUT2D eigenvalue weighted by atomic mass is 16.1. The minimum atomic E-state index is -0.458. The fraction of sp³-hybridized carbons (Fsp3) is 0.143. The molecule has 0 aliphatic carbocycles. The van der Waals surface area contributed by atoms with Crippen molar-refractivity contribution in [2.45, 2.75) is 19.9 Å². The number of carbonyl (C=O) groups excluding carboxylic acids is 1. The molecule has 0 aliphatic rings. The molecule has 28 heavy (non-hydrogen) atoms. The maximum Gasteiger partial charge on any atom is 0.248 e. The van der Waals surface area contributed by atoms with Crippen LogP contribution in [0.3, 0.4) is 0 Å². The molecular weight excluding hydrogens is 352 g/mol. The number of fused-ring (bicyclic) bond motifs is 1. The minimum Gasteiger partial charge on any atom is -0.383 e. The lowest BCUT2D eigenvalue weighted by Crippen LogP contribution is -2.10. The Balaban J connectivity index is 1.74. The summed E-state index contributed by atoms with van der Waals surface area (Å²) in [5.41, 5.74) is 9.26. The van der Waals surface area contributed by atoms with Crippen LogP contribution in [-0.2, 0) is 0 Å². The van der Waals surface area contributed by atoms with Gasteiger partial charge in [0.25, 0.3) is 0 Å². The van der Waals surface area contributed by atoms with Crippen LogP contribution in [0.5, 0.6) is 0 Å². The highest BCUT2D eigenvalue weighted by molar-refractivity contribution is 5.93. The molecule has 7 nitrogen and oxygen atoms in total. The number of nitrogens with zero attached hydrogens (tertiary/aromatic N) is 4. The fourth-order valence-electron chi connectivity index (χ4n) is 3.03. The number of carbonyl (C=O) groups is 1. The summed E-state index contributed by atoms with van der Waals surface area (Å²) in [4.78, 5) is 20.3. The molecule has 0 bridgehead atoms. The van der Waals surface area contributed by atoms with E-state index in [0.717, 1.165) is 22.2 Å². The second-order valence-corrected chi connectivity index (χ2v) is 6.83. The van der Waals surface area contributed by atoms with Gasteiger partial charge < -0.3 is 11.1 Å². The first kappa shape index (κ1) is 17.7. The third kappa shape index (κ3) is 3.42. The van der Waals surface area contributed by atoms with Crippen molar-refractivity contribution < 1.29 is 4.79 Å². The molecule has 0 saturated heterocycles. The van der Waals surface area contributed by atoms with Gasteiger partial charge in [-0.25, -0.2) is 9.67 Å². The van der Waals surface area contributed by atoms with E-state index < -0.39 is 5.91 Å². The molecule has 0 unspecified atom stereocenters. The molecule has 0 atom stereocenters. The Bertz CT molecular complexity index is 1150. The zero-order valence-electron chi connectivity index (χ0n) is 15.6. The summed E-state index contributed by atoms with van der Waals surface area (Å²) in [6.07, 6.45) is 5.17. The summed E-state index contributed by atoms with van der Waals surface area (Å²) in [5.74, 6) is 0.161. The van der Waals surface area contributed by atoms with Crippen LogP contribution in [0, 0.1) is 0 Å². The van der Waals surface area contributed by atoms with Crippen molar-refractivity contribution in [3.05, 3.63) is 66.6 Å². The van der Waals surface area contributed by atoms with Crippen molar-refractivity contribution >= 4 is 22.5 Å². The average Bonchev–Trinajstić information content (AvgIpc) is 3.11. The van der Waals surface area contributed by atoms with Crippen LogP contribution in [0.4, 0.5) is 5.69 Å². The topological polar surface area (TPSA) is 98.7 Å². The number of nitrogens with one attached hydrogen (secondary N) is 1. The van der Waals surface area contributed by atoms with E-state index in [9.17, 15) is 4.79 Å². The molecule has 1 amide bonds. The van der Waals surface area contributed by atoms with Crippen LogP contribution in [0.2, 0.25) is 0 Å². The third-order valence-corrected chi connectivity index (χ3v) is 4.33. The first-order chi connectivity index (χ1) is 13.5. The van der Waals surface area contributed by atoms with Gasteiger partial charge in [0.2, 0.25) is 5.91 Å². The fourth-order valence-corrected chi connectivity index (χ4v) is 3.03. The Morgan fingerprint density at radius 3 is 2.57 bits per heavy atom. The Morgan fingerprint density at radius 1 is 1.07 bits per heavy atom. The number of hydrogen-bond acceptors (Lipinski definition) is 5. The van der Waals surface area contributed by atoms with E-state index in [1.807, 2.05) is 18.3 Å². The SMILES string of the molecule is CC(C)Nc1ccc2cnn(-c3cncc(-c4ccc(C(N)=O)cc4)n3)c2c1. The van der Waals surface area contributed by atoms with Gasteiger partial charge in [-0.05, 0) is 44.2 Å². The molecule has 0 spiro atoms. The van der Waals surface area contributed by atoms with E-state index in [1.54, 1.807) is 41.3 Å². The number of anilines is 1. The molecule has 7 heteroatoms. The minimum absolute atomic E-state index is 0.334. The molecule has 4 rings (SSSR count). The highest BCUT2D eigenvalue weighted by Gasteiger charge is 2.10. The number of rotatable bonds is 5. The standard InChI is InChI=1S/C21H20N6O/c1-13(2)25-17-8-7-16-10-24-27(19(16)9-17)20-12-23-11-18(26-20)14-3-5-15(6-4-14)21(22)28/h3-13,25H,1-2H3,(H2,22,28). The molecule has 2 aromatic carbocycles. The predicted molar refractivity (Wildman–Crippen MR) is 109 cm³/mol. The molecule has 0 saturated carbocycles. The maximum atomic E-state index is 11.3. The lowest BCUT2D eigenvalue weighted by molar-refractivity contribution is 0.100. The number of aromatic nitrogens is 4. The van der Waals surface area contributed by atoms with Gasteiger partial charge in [-0.3, -0.25) is 9.78 Å². The molecule has 0 aliphatic heterocycles. The lowest BCUT2D eigenvalue weighted by atomic mass is 10.1. The smallest absolute Gasteiger partial charge is 0.248 e. The summed E-state index contributed by atoms with van der Waals surface area (Å²) < 4.78 is 1.77. The van der Waals surface area contributed by atoms with Gasteiger partial charge in [-0.15, -0.1) is 0 Å². The summed E-state index contributed by atoms with van der Waals surface area (Å²) >= 11 is 0. The molecule has 3 N–H and O–H groups in total. The molecule has 140 valence electrons. The van der Waals surface area contributed by atoms with E-state index in [0.29, 0.717) is 23.1 Å². The first-order valence-electron chi connectivity index (χ1n) is 8.98. The second kappa shape index (κ2) is 7.11.